The van der Waals surface area contributed by atoms with Crippen LogP contribution in [0.2, 0.25) is 0 Å². The molecule has 0 aliphatic carbocycles. The summed E-state index contributed by atoms with van der Waals surface area (Å²) < 4.78 is 7.23. The summed E-state index contributed by atoms with van der Waals surface area (Å²) in [5.74, 6) is 1.15. The first-order valence-corrected chi connectivity index (χ1v) is 11.4. The standard InChI is InChI=1S/C23H24N4O3S2/c1-5-26-20(25-13-15-7-9-16(30-4)10-8-15)17(14(3)18(12-24)21(26)28)11-19-22(29)27(6-2)23(31)32-19/h7-11,25H,5-6,13H2,1-4H3/b19-11+. The zero-order chi connectivity index (χ0) is 23.4. The van der Waals surface area contributed by atoms with Crippen molar-refractivity contribution >= 4 is 46.1 Å². The molecule has 0 bridgehead atoms. The van der Waals surface area contributed by atoms with Gasteiger partial charge in [0, 0.05) is 25.2 Å². The number of hydrogen-bond acceptors (Lipinski definition) is 7. The van der Waals surface area contributed by atoms with E-state index in [1.54, 1.807) is 20.1 Å². The summed E-state index contributed by atoms with van der Waals surface area (Å²) in [6.45, 7) is 6.75. The SMILES string of the molecule is CCN1C(=O)/C(=C\c2c(C)c(C#N)c(=O)n(CC)c2NCc2ccc(OC)cc2)SC1=S. The third kappa shape index (κ3) is 4.42. The van der Waals surface area contributed by atoms with E-state index in [9.17, 15) is 14.9 Å². The number of rotatable bonds is 7. The Balaban J connectivity index is 2.11. The van der Waals surface area contributed by atoms with Gasteiger partial charge in [-0.25, -0.2) is 0 Å². The van der Waals surface area contributed by atoms with Crippen molar-refractivity contribution in [2.24, 2.45) is 0 Å². The predicted molar refractivity (Wildman–Crippen MR) is 132 cm³/mol. The van der Waals surface area contributed by atoms with Crippen LogP contribution in [0, 0.1) is 18.3 Å². The lowest BCUT2D eigenvalue weighted by molar-refractivity contribution is -0.121. The van der Waals surface area contributed by atoms with Gasteiger partial charge in [-0.05, 0) is 50.1 Å². The number of benzene rings is 1. The van der Waals surface area contributed by atoms with E-state index in [0.29, 0.717) is 45.8 Å². The molecule has 32 heavy (non-hydrogen) atoms. The molecule has 0 unspecified atom stereocenters. The van der Waals surface area contributed by atoms with Gasteiger partial charge in [0.15, 0.2) is 0 Å². The summed E-state index contributed by atoms with van der Waals surface area (Å²) in [4.78, 5) is 27.7. The second-order valence-corrected chi connectivity index (χ2v) is 8.73. The van der Waals surface area contributed by atoms with Crippen LogP contribution in [0.15, 0.2) is 34.0 Å². The summed E-state index contributed by atoms with van der Waals surface area (Å²) >= 11 is 6.55. The molecule has 0 spiro atoms. The van der Waals surface area contributed by atoms with Crippen LogP contribution in [-0.2, 0) is 17.9 Å². The fraction of sp³-hybridized carbons (Fsp3) is 0.304. The number of methoxy groups -OCH3 is 1. The number of pyridine rings is 1. The van der Waals surface area contributed by atoms with E-state index < -0.39 is 0 Å². The van der Waals surface area contributed by atoms with Crippen molar-refractivity contribution in [3.05, 3.63) is 61.8 Å². The first kappa shape index (κ1) is 23.6. The molecule has 2 heterocycles. The molecule has 1 aliphatic heterocycles. The molecule has 1 amide bonds. The number of carbonyl (C=O) groups excluding carboxylic acids is 1. The van der Waals surface area contributed by atoms with Crippen molar-refractivity contribution in [3.63, 3.8) is 0 Å². The zero-order valence-electron chi connectivity index (χ0n) is 18.4. The van der Waals surface area contributed by atoms with E-state index in [4.69, 9.17) is 17.0 Å². The van der Waals surface area contributed by atoms with Gasteiger partial charge in [-0.15, -0.1) is 0 Å². The monoisotopic (exact) mass is 468 g/mol. The molecular weight excluding hydrogens is 444 g/mol. The van der Waals surface area contributed by atoms with Gasteiger partial charge in [-0.2, -0.15) is 5.26 Å². The summed E-state index contributed by atoms with van der Waals surface area (Å²) in [7, 11) is 1.61. The minimum Gasteiger partial charge on any atom is -0.497 e. The lowest BCUT2D eigenvalue weighted by Gasteiger charge is -2.19. The lowest BCUT2D eigenvalue weighted by atomic mass is 10.0. The van der Waals surface area contributed by atoms with Gasteiger partial charge in [0.1, 0.15) is 27.5 Å². The Morgan fingerprint density at radius 2 is 1.91 bits per heavy atom. The van der Waals surface area contributed by atoms with Crippen LogP contribution in [0.5, 0.6) is 5.75 Å². The average molecular weight is 469 g/mol. The highest BCUT2D eigenvalue weighted by Gasteiger charge is 2.31. The first-order chi connectivity index (χ1) is 15.4. The van der Waals surface area contributed by atoms with Crippen LogP contribution in [-0.4, -0.2) is 33.3 Å². The van der Waals surface area contributed by atoms with Crippen molar-refractivity contribution in [1.29, 1.82) is 5.26 Å². The number of hydrogen-bond donors (Lipinski definition) is 1. The van der Waals surface area contributed by atoms with Crippen LogP contribution < -0.4 is 15.6 Å². The number of nitrogens with one attached hydrogen (secondary N) is 1. The van der Waals surface area contributed by atoms with E-state index in [0.717, 1.165) is 11.3 Å². The molecular formula is C23H24N4O3S2. The number of carbonyl (C=O) groups is 1. The highest BCUT2D eigenvalue weighted by atomic mass is 32.2. The number of likely N-dealkylation sites (N-methyl/N-ethyl adjacent to an activating group) is 1. The zero-order valence-corrected chi connectivity index (χ0v) is 20.0. The minimum atomic E-state index is -0.358. The van der Waals surface area contributed by atoms with Gasteiger partial charge in [0.2, 0.25) is 0 Å². The Kier molecular flexibility index (Phi) is 7.38. The number of thiocarbonyl (C=S) groups is 1. The van der Waals surface area contributed by atoms with Crippen molar-refractivity contribution in [2.45, 2.75) is 33.9 Å². The highest BCUT2D eigenvalue weighted by molar-refractivity contribution is 8.26. The Morgan fingerprint density at radius 1 is 1.22 bits per heavy atom. The van der Waals surface area contributed by atoms with E-state index >= 15 is 0 Å². The molecule has 3 rings (SSSR count). The fourth-order valence-corrected chi connectivity index (χ4v) is 4.85. The molecule has 0 saturated carbocycles. The summed E-state index contributed by atoms with van der Waals surface area (Å²) in [6.07, 6.45) is 1.73. The average Bonchev–Trinajstić information content (AvgIpc) is 3.07. The van der Waals surface area contributed by atoms with E-state index in [2.05, 4.69) is 5.32 Å². The van der Waals surface area contributed by atoms with Gasteiger partial charge >= 0.3 is 0 Å². The molecule has 1 aliphatic rings. The molecule has 1 N–H and O–H groups in total. The minimum absolute atomic E-state index is 0.0686. The Labute approximate surface area is 196 Å². The third-order valence-electron chi connectivity index (χ3n) is 5.28. The van der Waals surface area contributed by atoms with Crippen LogP contribution in [0.25, 0.3) is 6.08 Å². The van der Waals surface area contributed by atoms with Gasteiger partial charge in [0.05, 0.1) is 12.0 Å². The Morgan fingerprint density at radius 3 is 2.44 bits per heavy atom. The first-order valence-electron chi connectivity index (χ1n) is 10.2. The molecule has 7 nitrogen and oxygen atoms in total. The molecule has 1 fully saturated rings. The summed E-state index contributed by atoms with van der Waals surface area (Å²) in [6, 6.07) is 9.62. The number of aromatic nitrogens is 1. The Bertz CT molecular complexity index is 1190. The third-order valence-corrected chi connectivity index (χ3v) is 6.65. The Hall–Kier alpha value is -3.09. The smallest absolute Gasteiger partial charge is 0.270 e. The van der Waals surface area contributed by atoms with Gasteiger partial charge in [0.25, 0.3) is 11.5 Å². The second-order valence-electron chi connectivity index (χ2n) is 7.05. The van der Waals surface area contributed by atoms with E-state index in [1.807, 2.05) is 44.2 Å². The molecule has 9 heteroatoms. The van der Waals surface area contributed by atoms with E-state index in [1.165, 1.54) is 21.2 Å². The summed E-state index contributed by atoms with van der Waals surface area (Å²) in [5.41, 5.74) is 1.86. The van der Waals surface area contributed by atoms with Gasteiger partial charge in [-0.1, -0.05) is 36.1 Å². The quantitative estimate of drug-likeness (QED) is 0.487. The van der Waals surface area contributed by atoms with Crippen LogP contribution in [0.1, 0.15) is 36.1 Å². The molecule has 1 aromatic heterocycles. The molecule has 0 atom stereocenters. The van der Waals surface area contributed by atoms with Crippen molar-refractivity contribution in [3.8, 4) is 11.8 Å². The molecule has 2 aromatic rings. The number of amides is 1. The maximum Gasteiger partial charge on any atom is 0.270 e. The molecule has 0 radical (unpaired) electrons. The number of nitrogens with zero attached hydrogens (tertiary/aromatic N) is 3. The second kappa shape index (κ2) is 10.0. The summed E-state index contributed by atoms with van der Waals surface area (Å²) in [5, 5.41) is 13.0. The van der Waals surface area contributed by atoms with Gasteiger partial charge < -0.3 is 10.1 Å². The number of thioether (sulfide) groups is 1. The number of anilines is 1. The number of nitriles is 1. The van der Waals surface area contributed by atoms with Crippen molar-refractivity contribution < 1.29 is 9.53 Å². The lowest BCUT2D eigenvalue weighted by Crippen LogP contribution is -2.28. The van der Waals surface area contributed by atoms with Crippen molar-refractivity contribution in [1.82, 2.24) is 9.47 Å². The van der Waals surface area contributed by atoms with Crippen molar-refractivity contribution in [2.75, 3.05) is 19.0 Å². The van der Waals surface area contributed by atoms with Crippen LogP contribution in [0.4, 0.5) is 5.82 Å². The van der Waals surface area contributed by atoms with Crippen LogP contribution >= 0.6 is 24.0 Å². The normalized spacial score (nSPS) is 14.7. The highest BCUT2D eigenvalue weighted by Crippen LogP contribution is 2.34. The largest absolute Gasteiger partial charge is 0.497 e. The molecule has 1 saturated heterocycles. The number of ether oxygens (including phenoxy) is 1. The molecule has 1 aromatic carbocycles. The predicted octanol–water partition coefficient (Wildman–Crippen LogP) is 3.89. The van der Waals surface area contributed by atoms with Gasteiger partial charge in [-0.3, -0.25) is 19.1 Å². The fourth-order valence-electron chi connectivity index (χ4n) is 3.49. The maximum absolute atomic E-state index is 12.9. The van der Waals surface area contributed by atoms with E-state index in [-0.39, 0.29) is 17.0 Å². The van der Waals surface area contributed by atoms with Crippen LogP contribution in [0.3, 0.4) is 0 Å². The molecule has 166 valence electrons. The maximum atomic E-state index is 12.9. The topological polar surface area (TPSA) is 87.4 Å².